The third-order valence-electron chi connectivity index (χ3n) is 3.44. The number of esters is 1. The van der Waals surface area contributed by atoms with Crippen molar-refractivity contribution in [3.05, 3.63) is 59.7 Å². The summed E-state index contributed by atoms with van der Waals surface area (Å²) in [5, 5.41) is 12.3. The monoisotopic (exact) mass is 329 g/mol. The lowest BCUT2D eigenvalue weighted by Gasteiger charge is -2.17. The van der Waals surface area contributed by atoms with Crippen LogP contribution in [-0.4, -0.2) is 30.7 Å². The first kappa shape index (κ1) is 17.3. The number of amides is 1. The zero-order valence-electron chi connectivity index (χ0n) is 13.5. The SMILES string of the molecule is COc1ccccc1C(C)NC(=O)COC(=O)c1ccccc1O. The van der Waals surface area contributed by atoms with Crippen LogP contribution in [0.3, 0.4) is 0 Å². The summed E-state index contributed by atoms with van der Waals surface area (Å²) in [6.07, 6.45) is 0. The molecule has 0 radical (unpaired) electrons. The number of phenols is 1. The van der Waals surface area contributed by atoms with Crippen LogP contribution in [0, 0.1) is 0 Å². The molecule has 1 amide bonds. The normalized spacial score (nSPS) is 11.4. The van der Waals surface area contributed by atoms with Gasteiger partial charge in [0.15, 0.2) is 6.61 Å². The second-order valence-electron chi connectivity index (χ2n) is 5.12. The van der Waals surface area contributed by atoms with Crippen LogP contribution in [0.4, 0.5) is 0 Å². The first-order chi connectivity index (χ1) is 11.5. The van der Waals surface area contributed by atoms with Gasteiger partial charge in [-0.1, -0.05) is 30.3 Å². The first-order valence-corrected chi connectivity index (χ1v) is 7.40. The van der Waals surface area contributed by atoms with Crippen molar-refractivity contribution in [3.8, 4) is 11.5 Å². The number of para-hydroxylation sites is 2. The van der Waals surface area contributed by atoms with Crippen molar-refractivity contribution >= 4 is 11.9 Å². The Morgan fingerprint density at radius 2 is 1.79 bits per heavy atom. The predicted molar refractivity (Wildman–Crippen MR) is 87.9 cm³/mol. The molecule has 1 unspecified atom stereocenters. The standard InChI is InChI=1S/C18H19NO5/c1-12(13-7-4-6-10-16(13)23-2)19-17(21)11-24-18(22)14-8-3-5-9-15(14)20/h3-10,12,20H,11H2,1-2H3,(H,19,21). The van der Waals surface area contributed by atoms with Crippen LogP contribution >= 0.6 is 0 Å². The maximum Gasteiger partial charge on any atom is 0.342 e. The summed E-state index contributed by atoms with van der Waals surface area (Å²) >= 11 is 0. The van der Waals surface area contributed by atoms with Gasteiger partial charge in [-0.05, 0) is 25.1 Å². The Kier molecular flexibility index (Phi) is 5.78. The molecule has 0 aliphatic carbocycles. The summed E-state index contributed by atoms with van der Waals surface area (Å²) in [5.74, 6) is -0.729. The molecule has 0 aliphatic heterocycles. The van der Waals surface area contributed by atoms with Crippen molar-refractivity contribution in [1.82, 2.24) is 5.32 Å². The van der Waals surface area contributed by atoms with Crippen molar-refractivity contribution in [3.63, 3.8) is 0 Å². The van der Waals surface area contributed by atoms with E-state index in [0.29, 0.717) is 5.75 Å². The van der Waals surface area contributed by atoms with Crippen LogP contribution < -0.4 is 10.1 Å². The van der Waals surface area contributed by atoms with Gasteiger partial charge in [0.05, 0.1) is 13.2 Å². The molecule has 6 heteroatoms. The predicted octanol–water partition coefficient (Wildman–Crippen LogP) is 2.44. The number of aromatic hydroxyl groups is 1. The molecule has 24 heavy (non-hydrogen) atoms. The van der Waals surface area contributed by atoms with Crippen LogP contribution in [0.15, 0.2) is 48.5 Å². The number of hydrogen-bond donors (Lipinski definition) is 2. The van der Waals surface area contributed by atoms with E-state index < -0.39 is 18.5 Å². The largest absolute Gasteiger partial charge is 0.507 e. The highest BCUT2D eigenvalue weighted by atomic mass is 16.5. The number of carbonyl (C=O) groups is 2. The molecular formula is C18H19NO5. The van der Waals surface area contributed by atoms with E-state index in [2.05, 4.69) is 5.32 Å². The number of rotatable bonds is 6. The quantitative estimate of drug-likeness (QED) is 0.795. The molecule has 6 nitrogen and oxygen atoms in total. The maximum atomic E-state index is 12.0. The van der Waals surface area contributed by atoms with Gasteiger partial charge in [-0.25, -0.2) is 4.79 Å². The van der Waals surface area contributed by atoms with E-state index in [0.717, 1.165) is 5.56 Å². The van der Waals surface area contributed by atoms with Crippen molar-refractivity contribution in [2.45, 2.75) is 13.0 Å². The zero-order valence-corrected chi connectivity index (χ0v) is 13.5. The van der Waals surface area contributed by atoms with Crippen molar-refractivity contribution in [2.24, 2.45) is 0 Å². The fraction of sp³-hybridized carbons (Fsp3) is 0.222. The Hall–Kier alpha value is -3.02. The van der Waals surface area contributed by atoms with Crippen LogP contribution in [0.5, 0.6) is 11.5 Å². The molecule has 0 bridgehead atoms. The number of phenolic OH excluding ortho intramolecular Hbond substituents is 1. The van der Waals surface area contributed by atoms with Crippen LogP contribution in [0.1, 0.15) is 28.9 Å². The molecule has 0 spiro atoms. The van der Waals surface area contributed by atoms with Gasteiger partial charge < -0.3 is 19.9 Å². The van der Waals surface area contributed by atoms with Gasteiger partial charge in [-0.15, -0.1) is 0 Å². The minimum Gasteiger partial charge on any atom is -0.507 e. The summed E-state index contributed by atoms with van der Waals surface area (Å²) in [5.41, 5.74) is 0.837. The molecule has 0 aromatic heterocycles. The summed E-state index contributed by atoms with van der Waals surface area (Å²) in [6.45, 7) is 1.37. The van der Waals surface area contributed by atoms with E-state index in [-0.39, 0.29) is 17.4 Å². The van der Waals surface area contributed by atoms with Gasteiger partial charge >= 0.3 is 5.97 Å². The fourth-order valence-corrected chi connectivity index (χ4v) is 2.24. The van der Waals surface area contributed by atoms with Crippen molar-refractivity contribution in [1.29, 1.82) is 0 Å². The molecule has 1 atom stereocenters. The van der Waals surface area contributed by atoms with Gasteiger partial charge in [-0.3, -0.25) is 4.79 Å². The van der Waals surface area contributed by atoms with E-state index in [1.54, 1.807) is 32.2 Å². The highest BCUT2D eigenvalue weighted by Crippen LogP contribution is 2.24. The third kappa shape index (κ3) is 4.25. The molecule has 2 N–H and O–H groups in total. The van der Waals surface area contributed by atoms with Crippen molar-refractivity contribution in [2.75, 3.05) is 13.7 Å². The molecule has 0 heterocycles. The lowest BCUT2D eigenvalue weighted by Crippen LogP contribution is -2.31. The van der Waals surface area contributed by atoms with Gasteiger partial charge in [0.1, 0.15) is 17.1 Å². The van der Waals surface area contributed by atoms with E-state index in [9.17, 15) is 14.7 Å². The molecule has 0 aliphatic rings. The maximum absolute atomic E-state index is 12.0. The number of nitrogens with one attached hydrogen (secondary N) is 1. The molecule has 2 rings (SSSR count). The Labute approximate surface area is 140 Å². The number of ether oxygens (including phenoxy) is 2. The summed E-state index contributed by atoms with van der Waals surface area (Å²) < 4.78 is 10.2. The lowest BCUT2D eigenvalue weighted by molar-refractivity contribution is -0.124. The Bertz CT molecular complexity index is 729. The van der Waals surface area contributed by atoms with Gasteiger partial charge in [-0.2, -0.15) is 0 Å². The number of benzene rings is 2. The van der Waals surface area contributed by atoms with Gasteiger partial charge in [0, 0.05) is 5.56 Å². The number of carbonyl (C=O) groups excluding carboxylic acids is 2. The smallest absolute Gasteiger partial charge is 0.342 e. The third-order valence-corrected chi connectivity index (χ3v) is 3.44. The molecule has 2 aromatic rings. The summed E-state index contributed by atoms with van der Waals surface area (Å²) in [6, 6.07) is 13.0. The Balaban J connectivity index is 1.91. The lowest BCUT2D eigenvalue weighted by atomic mass is 10.1. The minimum atomic E-state index is -0.756. The molecule has 126 valence electrons. The van der Waals surface area contributed by atoms with Crippen LogP contribution in [-0.2, 0) is 9.53 Å². The van der Waals surface area contributed by atoms with Crippen LogP contribution in [0.25, 0.3) is 0 Å². The Morgan fingerprint density at radius 3 is 2.50 bits per heavy atom. The number of methoxy groups -OCH3 is 1. The van der Waals surface area contributed by atoms with Crippen molar-refractivity contribution < 1.29 is 24.2 Å². The van der Waals surface area contributed by atoms with Gasteiger partial charge in [0.2, 0.25) is 0 Å². The molecule has 0 fully saturated rings. The molecule has 2 aromatic carbocycles. The number of hydrogen-bond acceptors (Lipinski definition) is 5. The second-order valence-corrected chi connectivity index (χ2v) is 5.12. The summed E-state index contributed by atoms with van der Waals surface area (Å²) in [4.78, 5) is 23.8. The zero-order chi connectivity index (χ0) is 17.5. The minimum absolute atomic E-state index is 0.0167. The van der Waals surface area contributed by atoms with Crippen LogP contribution in [0.2, 0.25) is 0 Å². The first-order valence-electron chi connectivity index (χ1n) is 7.40. The van der Waals surface area contributed by atoms with E-state index in [4.69, 9.17) is 9.47 Å². The highest BCUT2D eigenvalue weighted by Gasteiger charge is 2.16. The van der Waals surface area contributed by atoms with E-state index in [1.807, 2.05) is 18.2 Å². The Morgan fingerprint density at radius 1 is 1.12 bits per heavy atom. The van der Waals surface area contributed by atoms with E-state index in [1.165, 1.54) is 12.1 Å². The highest BCUT2D eigenvalue weighted by molar-refractivity contribution is 5.93. The van der Waals surface area contributed by atoms with E-state index >= 15 is 0 Å². The average molecular weight is 329 g/mol. The summed E-state index contributed by atoms with van der Waals surface area (Å²) in [7, 11) is 1.56. The van der Waals surface area contributed by atoms with Gasteiger partial charge in [0.25, 0.3) is 5.91 Å². The molecular weight excluding hydrogens is 310 g/mol. The topological polar surface area (TPSA) is 84.9 Å². The molecule has 0 saturated heterocycles. The second kappa shape index (κ2) is 8.01. The average Bonchev–Trinajstić information content (AvgIpc) is 2.60. The molecule has 0 saturated carbocycles. The fourth-order valence-electron chi connectivity index (χ4n) is 2.24.